The fraction of sp³-hybridized carbons (Fsp3) is 0.625. The van der Waals surface area contributed by atoms with Crippen molar-refractivity contribution < 1.29 is 9.53 Å². The molecule has 1 atom stereocenters. The molecule has 15 heavy (non-hydrogen) atoms. The van der Waals surface area contributed by atoms with Crippen LogP contribution in [0.3, 0.4) is 0 Å². The molecule has 1 rings (SSSR count). The summed E-state index contributed by atoms with van der Waals surface area (Å²) in [5.41, 5.74) is 5.36. The Kier molecular flexibility index (Phi) is 4.44. The van der Waals surface area contributed by atoms with Crippen molar-refractivity contribution in [2.75, 3.05) is 26.0 Å². The maximum Gasteiger partial charge on any atom is 0.282 e. The fourth-order valence-corrected chi connectivity index (χ4v) is 1.54. The quantitative estimate of drug-likeness (QED) is 0.750. The normalized spacial score (nSPS) is 12.4. The highest BCUT2D eigenvalue weighted by Gasteiger charge is 2.12. The van der Waals surface area contributed by atoms with Crippen LogP contribution in [0.5, 0.6) is 0 Å². The highest BCUT2D eigenvalue weighted by Crippen LogP contribution is 2.10. The van der Waals surface area contributed by atoms with Crippen LogP contribution in [-0.4, -0.2) is 36.4 Å². The van der Waals surface area contributed by atoms with Gasteiger partial charge >= 0.3 is 0 Å². The number of nitrogens with two attached hydrogens (primary N) is 1. The van der Waals surface area contributed by atoms with Crippen molar-refractivity contribution in [2.45, 2.75) is 6.92 Å². The summed E-state index contributed by atoms with van der Waals surface area (Å²) in [6.45, 7) is 3.14. The molecule has 0 aliphatic carbocycles. The number of aromatic nitrogens is 2. The summed E-state index contributed by atoms with van der Waals surface area (Å²) in [5.74, 6) is 0.0244. The van der Waals surface area contributed by atoms with E-state index in [-0.39, 0.29) is 16.8 Å². The van der Waals surface area contributed by atoms with Gasteiger partial charge in [0.1, 0.15) is 0 Å². The number of nitrogens with one attached hydrogen (secondary N) is 1. The van der Waals surface area contributed by atoms with Crippen LogP contribution in [0.25, 0.3) is 0 Å². The molecule has 6 nitrogen and oxygen atoms in total. The Morgan fingerprint density at radius 2 is 2.40 bits per heavy atom. The van der Waals surface area contributed by atoms with Gasteiger partial charge in [-0.1, -0.05) is 18.3 Å². The third kappa shape index (κ3) is 3.80. The van der Waals surface area contributed by atoms with Gasteiger partial charge < -0.3 is 15.8 Å². The number of ether oxygens (including phenoxy) is 1. The van der Waals surface area contributed by atoms with Gasteiger partial charge in [-0.2, -0.15) is 0 Å². The largest absolute Gasteiger partial charge is 0.384 e. The molecule has 1 heterocycles. The third-order valence-corrected chi connectivity index (χ3v) is 2.45. The molecule has 0 aromatic carbocycles. The zero-order chi connectivity index (χ0) is 11.3. The van der Waals surface area contributed by atoms with E-state index in [1.165, 1.54) is 0 Å². The van der Waals surface area contributed by atoms with Crippen molar-refractivity contribution >= 4 is 22.4 Å². The molecular weight excluding hydrogens is 216 g/mol. The SMILES string of the molecule is COCC(C)CNC(=O)c1nnc(N)s1. The molecule has 0 fully saturated rings. The van der Waals surface area contributed by atoms with Crippen molar-refractivity contribution in [3.8, 4) is 0 Å². The number of rotatable bonds is 5. The van der Waals surface area contributed by atoms with Gasteiger partial charge in [-0.25, -0.2) is 0 Å². The first-order valence-electron chi connectivity index (χ1n) is 4.49. The number of carbonyl (C=O) groups is 1. The van der Waals surface area contributed by atoms with E-state index in [1.807, 2.05) is 6.92 Å². The average Bonchev–Trinajstić information content (AvgIpc) is 2.62. The monoisotopic (exact) mass is 230 g/mol. The predicted octanol–water partition coefficient (Wildman–Crippen LogP) is 0.133. The number of nitrogen functional groups attached to an aromatic ring is 1. The first-order valence-corrected chi connectivity index (χ1v) is 5.31. The minimum Gasteiger partial charge on any atom is -0.384 e. The van der Waals surface area contributed by atoms with Gasteiger partial charge in [0.25, 0.3) is 5.91 Å². The van der Waals surface area contributed by atoms with Crippen molar-refractivity contribution in [1.29, 1.82) is 0 Å². The van der Waals surface area contributed by atoms with E-state index < -0.39 is 0 Å². The number of amides is 1. The molecule has 0 saturated carbocycles. The second kappa shape index (κ2) is 5.62. The Bertz CT molecular complexity index is 328. The lowest BCUT2D eigenvalue weighted by Gasteiger charge is -2.09. The van der Waals surface area contributed by atoms with Crippen LogP contribution in [0.1, 0.15) is 16.7 Å². The van der Waals surface area contributed by atoms with E-state index in [4.69, 9.17) is 10.5 Å². The van der Waals surface area contributed by atoms with Crippen molar-refractivity contribution in [2.24, 2.45) is 5.92 Å². The average molecular weight is 230 g/mol. The molecule has 1 unspecified atom stereocenters. The molecule has 1 aromatic rings. The molecule has 0 aliphatic rings. The highest BCUT2D eigenvalue weighted by molar-refractivity contribution is 7.16. The van der Waals surface area contributed by atoms with E-state index >= 15 is 0 Å². The maximum absolute atomic E-state index is 11.5. The second-order valence-corrected chi connectivity index (χ2v) is 4.23. The molecule has 84 valence electrons. The van der Waals surface area contributed by atoms with Crippen LogP contribution in [0.15, 0.2) is 0 Å². The first-order chi connectivity index (χ1) is 7.13. The molecular formula is C8H14N4O2S. The lowest BCUT2D eigenvalue weighted by atomic mass is 10.2. The van der Waals surface area contributed by atoms with Crippen molar-refractivity contribution in [3.05, 3.63) is 5.01 Å². The molecule has 1 aromatic heterocycles. The molecule has 3 N–H and O–H groups in total. The summed E-state index contributed by atoms with van der Waals surface area (Å²) < 4.78 is 4.95. The Morgan fingerprint density at radius 1 is 1.67 bits per heavy atom. The molecule has 0 radical (unpaired) electrons. The first kappa shape index (κ1) is 11.9. The third-order valence-electron chi connectivity index (χ3n) is 1.70. The zero-order valence-electron chi connectivity index (χ0n) is 8.69. The summed E-state index contributed by atoms with van der Waals surface area (Å²) in [4.78, 5) is 11.5. The number of hydrogen-bond acceptors (Lipinski definition) is 6. The molecule has 7 heteroatoms. The summed E-state index contributed by atoms with van der Waals surface area (Å²) in [5, 5.41) is 10.5. The maximum atomic E-state index is 11.5. The number of hydrogen-bond donors (Lipinski definition) is 2. The van der Waals surface area contributed by atoms with E-state index in [2.05, 4.69) is 15.5 Å². The van der Waals surface area contributed by atoms with E-state index in [9.17, 15) is 4.79 Å². The number of carbonyl (C=O) groups excluding carboxylic acids is 1. The minimum absolute atomic E-state index is 0.243. The molecule has 0 bridgehead atoms. The smallest absolute Gasteiger partial charge is 0.282 e. The summed E-state index contributed by atoms with van der Waals surface area (Å²) >= 11 is 1.07. The Morgan fingerprint density at radius 3 is 2.93 bits per heavy atom. The van der Waals surface area contributed by atoms with Crippen molar-refractivity contribution in [1.82, 2.24) is 15.5 Å². The van der Waals surface area contributed by atoms with Crippen LogP contribution < -0.4 is 11.1 Å². The summed E-state index contributed by atoms with van der Waals surface area (Å²) in [6, 6.07) is 0. The number of methoxy groups -OCH3 is 1. The van der Waals surface area contributed by atoms with Gasteiger partial charge in [0.15, 0.2) is 0 Å². The Balaban J connectivity index is 2.36. The Hall–Kier alpha value is -1.21. The lowest BCUT2D eigenvalue weighted by molar-refractivity contribution is 0.0933. The molecule has 1 amide bonds. The summed E-state index contributed by atoms with van der Waals surface area (Å²) in [6.07, 6.45) is 0. The van der Waals surface area contributed by atoms with Gasteiger partial charge in [-0.05, 0) is 5.92 Å². The second-order valence-electron chi connectivity index (χ2n) is 3.22. The minimum atomic E-state index is -0.243. The van der Waals surface area contributed by atoms with E-state index in [1.54, 1.807) is 7.11 Å². The topological polar surface area (TPSA) is 90.1 Å². The predicted molar refractivity (Wildman–Crippen MR) is 57.7 cm³/mol. The van der Waals surface area contributed by atoms with Crippen LogP contribution in [-0.2, 0) is 4.74 Å². The standard InChI is InChI=1S/C8H14N4O2S/c1-5(4-14-2)3-10-6(13)7-11-12-8(9)15-7/h5H,3-4H2,1-2H3,(H2,9,12)(H,10,13). The zero-order valence-corrected chi connectivity index (χ0v) is 9.50. The molecule has 0 aliphatic heterocycles. The van der Waals surface area contributed by atoms with Gasteiger partial charge in [0.05, 0.1) is 6.61 Å². The number of anilines is 1. The van der Waals surface area contributed by atoms with Crippen LogP contribution >= 0.6 is 11.3 Å². The highest BCUT2D eigenvalue weighted by atomic mass is 32.1. The fourth-order valence-electron chi connectivity index (χ4n) is 1.01. The van der Waals surface area contributed by atoms with Gasteiger partial charge in [-0.15, -0.1) is 10.2 Å². The van der Waals surface area contributed by atoms with Crippen molar-refractivity contribution in [3.63, 3.8) is 0 Å². The van der Waals surface area contributed by atoms with Crippen LogP contribution in [0, 0.1) is 5.92 Å². The molecule has 0 saturated heterocycles. The van der Waals surface area contributed by atoms with Gasteiger partial charge in [0.2, 0.25) is 10.1 Å². The number of nitrogens with zero attached hydrogens (tertiary/aromatic N) is 2. The lowest BCUT2D eigenvalue weighted by Crippen LogP contribution is -2.29. The van der Waals surface area contributed by atoms with E-state index in [0.717, 1.165) is 11.3 Å². The van der Waals surface area contributed by atoms with Gasteiger partial charge in [0, 0.05) is 13.7 Å². The molecule has 0 spiro atoms. The summed E-state index contributed by atoms with van der Waals surface area (Å²) in [7, 11) is 1.63. The van der Waals surface area contributed by atoms with Crippen LogP contribution in [0.2, 0.25) is 0 Å². The van der Waals surface area contributed by atoms with E-state index in [0.29, 0.717) is 18.3 Å². The van der Waals surface area contributed by atoms with Gasteiger partial charge in [-0.3, -0.25) is 4.79 Å². The van der Waals surface area contributed by atoms with Crippen LogP contribution in [0.4, 0.5) is 5.13 Å². The Labute approximate surface area is 91.8 Å².